The quantitative estimate of drug-likeness (QED) is 0.297. The predicted octanol–water partition coefficient (Wildman–Crippen LogP) is 4.79. The summed E-state index contributed by atoms with van der Waals surface area (Å²) in [5.41, 5.74) is 2.63. The molecule has 4 aromatic rings. The largest absolute Gasteiger partial charge is 0.481 e. The van der Waals surface area contributed by atoms with Gasteiger partial charge in [0.2, 0.25) is 11.8 Å². The number of aldehydes is 1. The SMILES string of the molecule is COc1cc2cc(-c3c(C)nc(NCc4ccccn4)nc3NC34CCC(C=O)C3OC(C)(C)O4)oc2c(C)n1. The summed E-state index contributed by atoms with van der Waals surface area (Å²) < 4.78 is 24.4. The molecule has 2 aliphatic rings. The number of carbonyl (C=O) groups excluding carboxylic acids is 1. The van der Waals surface area contributed by atoms with Crippen LogP contribution in [0.2, 0.25) is 0 Å². The average molecular weight is 545 g/mol. The molecule has 0 amide bonds. The molecular weight excluding hydrogens is 512 g/mol. The van der Waals surface area contributed by atoms with Crippen molar-refractivity contribution >= 4 is 29.0 Å². The lowest BCUT2D eigenvalue weighted by molar-refractivity contribution is -0.167. The number of aromatic nitrogens is 4. The summed E-state index contributed by atoms with van der Waals surface area (Å²) in [6.07, 6.45) is 3.43. The van der Waals surface area contributed by atoms with Crippen LogP contribution in [0.4, 0.5) is 11.8 Å². The van der Waals surface area contributed by atoms with Gasteiger partial charge in [-0.15, -0.1) is 0 Å². The van der Waals surface area contributed by atoms with E-state index in [-0.39, 0.29) is 5.92 Å². The van der Waals surface area contributed by atoms with E-state index >= 15 is 0 Å². The van der Waals surface area contributed by atoms with Gasteiger partial charge in [0, 0.05) is 23.6 Å². The number of ether oxygens (including phenoxy) is 3. The lowest BCUT2D eigenvalue weighted by Gasteiger charge is -2.31. The molecule has 208 valence electrons. The van der Waals surface area contributed by atoms with Gasteiger partial charge in [0.05, 0.1) is 36.3 Å². The number of hydrogen-bond donors (Lipinski definition) is 2. The van der Waals surface area contributed by atoms with Crippen molar-refractivity contribution in [3.05, 3.63) is 53.6 Å². The van der Waals surface area contributed by atoms with Gasteiger partial charge in [0.1, 0.15) is 24.0 Å². The van der Waals surface area contributed by atoms with Gasteiger partial charge in [-0.25, -0.2) is 9.97 Å². The van der Waals surface area contributed by atoms with Crippen molar-refractivity contribution in [2.45, 2.75) is 64.7 Å². The Morgan fingerprint density at radius 2 is 2.00 bits per heavy atom. The minimum Gasteiger partial charge on any atom is -0.481 e. The zero-order valence-electron chi connectivity index (χ0n) is 23.1. The van der Waals surface area contributed by atoms with Crippen molar-refractivity contribution < 1.29 is 23.4 Å². The Bertz CT molecular complexity index is 1570. The first-order valence-electron chi connectivity index (χ1n) is 13.3. The molecule has 40 heavy (non-hydrogen) atoms. The fourth-order valence-corrected chi connectivity index (χ4v) is 5.69. The van der Waals surface area contributed by atoms with Gasteiger partial charge in [-0.3, -0.25) is 4.98 Å². The molecule has 1 aliphatic carbocycles. The first-order chi connectivity index (χ1) is 19.2. The Labute approximate surface area is 231 Å². The Kier molecular flexibility index (Phi) is 6.42. The normalized spacial score (nSPS) is 23.2. The number of nitrogens with one attached hydrogen (secondary N) is 2. The molecule has 1 aliphatic heterocycles. The first kappa shape index (κ1) is 26.1. The zero-order valence-corrected chi connectivity index (χ0v) is 23.1. The molecule has 1 saturated carbocycles. The second-order valence-corrected chi connectivity index (χ2v) is 10.7. The third-order valence-corrected chi connectivity index (χ3v) is 7.39. The Balaban J connectivity index is 1.45. The second kappa shape index (κ2) is 9.83. The van der Waals surface area contributed by atoms with Gasteiger partial charge in [-0.05, 0) is 58.7 Å². The number of hydrogen-bond acceptors (Lipinski definition) is 11. The highest BCUT2D eigenvalue weighted by molar-refractivity contribution is 5.88. The molecule has 6 rings (SSSR count). The van der Waals surface area contributed by atoms with Crippen molar-refractivity contribution in [2.75, 3.05) is 17.7 Å². The van der Waals surface area contributed by atoms with Crippen molar-refractivity contribution in [3.63, 3.8) is 0 Å². The number of rotatable bonds is 8. The average Bonchev–Trinajstić information content (AvgIpc) is 3.56. The Morgan fingerprint density at radius 1 is 1.15 bits per heavy atom. The molecule has 3 atom stereocenters. The molecule has 2 N–H and O–H groups in total. The van der Waals surface area contributed by atoms with Crippen molar-refractivity contribution in [1.29, 1.82) is 0 Å². The molecule has 3 unspecified atom stereocenters. The molecular formula is C29H32N6O5. The van der Waals surface area contributed by atoms with E-state index in [2.05, 4.69) is 20.6 Å². The number of fused-ring (bicyclic) bond motifs is 2. The topological polar surface area (TPSA) is 134 Å². The molecule has 0 aromatic carbocycles. The molecule has 0 radical (unpaired) electrons. The van der Waals surface area contributed by atoms with E-state index < -0.39 is 17.6 Å². The van der Waals surface area contributed by atoms with Gasteiger partial charge >= 0.3 is 0 Å². The third-order valence-electron chi connectivity index (χ3n) is 7.39. The van der Waals surface area contributed by atoms with E-state index in [1.807, 2.05) is 58.0 Å². The number of furan rings is 1. The highest BCUT2D eigenvalue weighted by atomic mass is 16.8. The highest BCUT2D eigenvalue weighted by Crippen LogP contribution is 2.50. The summed E-state index contributed by atoms with van der Waals surface area (Å²) in [6, 6.07) is 9.49. The van der Waals surface area contributed by atoms with Crippen LogP contribution in [0, 0.1) is 19.8 Å². The minimum atomic E-state index is -0.949. The summed E-state index contributed by atoms with van der Waals surface area (Å²) in [5, 5.41) is 7.68. The lowest BCUT2D eigenvalue weighted by Crippen LogP contribution is -2.46. The van der Waals surface area contributed by atoms with Crippen LogP contribution in [0.1, 0.15) is 43.8 Å². The van der Waals surface area contributed by atoms with E-state index in [1.54, 1.807) is 13.3 Å². The number of carbonyl (C=O) groups is 1. The molecule has 11 heteroatoms. The summed E-state index contributed by atoms with van der Waals surface area (Å²) in [7, 11) is 1.58. The van der Waals surface area contributed by atoms with Gasteiger partial charge < -0.3 is 34.1 Å². The summed E-state index contributed by atoms with van der Waals surface area (Å²) >= 11 is 0. The first-order valence-corrected chi connectivity index (χ1v) is 13.3. The van der Waals surface area contributed by atoms with E-state index in [4.69, 9.17) is 28.6 Å². The van der Waals surface area contributed by atoms with E-state index in [0.29, 0.717) is 65.3 Å². The van der Waals surface area contributed by atoms with Crippen LogP contribution in [0.3, 0.4) is 0 Å². The number of pyridine rings is 2. The predicted molar refractivity (Wildman–Crippen MR) is 148 cm³/mol. The van der Waals surface area contributed by atoms with Gasteiger partial charge in [0.15, 0.2) is 17.1 Å². The highest BCUT2D eigenvalue weighted by Gasteiger charge is 2.60. The van der Waals surface area contributed by atoms with Crippen LogP contribution in [0.5, 0.6) is 5.88 Å². The van der Waals surface area contributed by atoms with Crippen LogP contribution in [0.15, 0.2) is 40.9 Å². The standard InChI is InChI=1S/C29H32N6O5/c1-16-23(21-12-19-13-22(37-5)32-17(2)24(19)38-21)26(34-27(33-16)31-14-20-8-6-7-11-30-20)35-29-10-9-18(15-36)25(29)39-28(3,4)40-29/h6-8,11-13,15,18,25H,9-10,14H2,1-5H3,(H2,31,33,34,35). The zero-order chi connectivity index (χ0) is 28.1. The maximum atomic E-state index is 11.9. The summed E-state index contributed by atoms with van der Waals surface area (Å²) in [4.78, 5) is 30.4. The van der Waals surface area contributed by atoms with Gasteiger partial charge in [-0.2, -0.15) is 4.98 Å². The molecule has 0 spiro atoms. The number of anilines is 2. The molecule has 4 aromatic heterocycles. The van der Waals surface area contributed by atoms with E-state index in [1.165, 1.54) is 0 Å². The monoisotopic (exact) mass is 544 g/mol. The van der Waals surface area contributed by atoms with Crippen LogP contribution >= 0.6 is 0 Å². The third kappa shape index (κ3) is 4.65. The smallest absolute Gasteiger partial charge is 0.225 e. The molecule has 1 saturated heterocycles. The minimum absolute atomic E-state index is 0.296. The fraction of sp³-hybridized carbons (Fsp3) is 0.414. The van der Waals surface area contributed by atoms with Crippen LogP contribution < -0.4 is 15.4 Å². The van der Waals surface area contributed by atoms with Crippen LogP contribution in [-0.4, -0.2) is 50.9 Å². The maximum absolute atomic E-state index is 11.9. The fourth-order valence-electron chi connectivity index (χ4n) is 5.69. The molecule has 0 bridgehead atoms. The van der Waals surface area contributed by atoms with Crippen LogP contribution in [-0.2, 0) is 20.8 Å². The number of aryl methyl sites for hydroxylation is 2. The van der Waals surface area contributed by atoms with Crippen molar-refractivity contribution in [3.8, 4) is 17.2 Å². The Hall–Kier alpha value is -4.09. The van der Waals surface area contributed by atoms with E-state index in [9.17, 15) is 4.79 Å². The summed E-state index contributed by atoms with van der Waals surface area (Å²) in [6.45, 7) is 7.93. The van der Waals surface area contributed by atoms with Gasteiger partial charge in [0.25, 0.3) is 0 Å². The maximum Gasteiger partial charge on any atom is 0.225 e. The van der Waals surface area contributed by atoms with Crippen LogP contribution in [0.25, 0.3) is 22.3 Å². The Morgan fingerprint density at radius 3 is 2.75 bits per heavy atom. The number of nitrogens with zero attached hydrogens (tertiary/aromatic N) is 4. The molecule has 2 fully saturated rings. The van der Waals surface area contributed by atoms with Crippen molar-refractivity contribution in [2.24, 2.45) is 5.92 Å². The summed E-state index contributed by atoms with van der Waals surface area (Å²) in [5.74, 6) is 0.825. The second-order valence-electron chi connectivity index (χ2n) is 10.7. The number of methoxy groups -OCH3 is 1. The van der Waals surface area contributed by atoms with E-state index in [0.717, 1.165) is 17.4 Å². The van der Waals surface area contributed by atoms with Crippen molar-refractivity contribution in [1.82, 2.24) is 19.9 Å². The molecule has 11 nitrogen and oxygen atoms in total. The lowest BCUT2D eigenvalue weighted by atomic mass is 10.0. The van der Waals surface area contributed by atoms with Gasteiger partial charge in [-0.1, -0.05) is 6.07 Å². The molecule has 5 heterocycles.